The Balaban J connectivity index is 1.69. The van der Waals surface area contributed by atoms with Gasteiger partial charge in [-0.3, -0.25) is 0 Å². The summed E-state index contributed by atoms with van der Waals surface area (Å²) in [6, 6.07) is 18.1. The molecule has 0 unspecified atom stereocenters. The second-order valence-electron chi connectivity index (χ2n) is 7.25. The van der Waals surface area contributed by atoms with E-state index in [4.69, 9.17) is 10.2 Å². The van der Waals surface area contributed by atoms with E-state index >= 15 is 0 Å². The van der Waals surface area contributed by atoms with Crippen LogP contribution in [0.4, 0.5) is 5.95 Å². The van der Waals surface area contributed by atoms with Crippen LogP contribution in [0.3, 0.4) is 0 Å². The first-order chi connectivity index (χ1) is 13.7. The fourth-order valence-electron chi connectivity index (χ4n) is 3.46. The summed E-state index contributed by atoms with van der Waals surface area (Å²) in [6.45, 7) is 5.06. The quantitative estimate of drug-likeness (QED) is 0.711. The zero-order valence-corrected chi connectivity index (χ0v) is 15.9. The van der Waals surface area contributed by atoms with Gasteiger partial charge in [-0.15, -0.1) is 0 Å². The van der Waals surface area contributed by atoms with Crippen molar-refractivity contribution >= 4 is 5.95 Å². The van der Waals surface area contributed by atoms with E-state index in [0.29, 0.717) is 17.4 Å². The fraction of sp³-hybridized carbons (Fsp3) is 0.261. The number of hydrogen-bond donors (Lipinski definition) is 2. The smallest absolute Gasteiger partial charge is 0.223 e. The van der Waals surface area contributed by atoms with Gasteiger partial charge >= 0.3 is 0 Å². The van der Waals surface area contributed by atoms with E-state index in [0.717, 1.165) is 42.0 Å². The maximum absolute atomic E-state index is 9.08. The first-order valence-corrected chi connectivity index (χ1v) is 9.62. The summed E-state index contributed by atoms with van der Waals surface area (Å²) >= 11 is 0. The van der Waals surface area contributed by atoms with Gasteiger partial charge in [0.2, 0.25) is 5.95 Å². The average Bonchev–Trinajstić information content (AvgIpc) is 3.27. The van der Waals surface area contributed by atoms with Crippen molar-refractivity contribution in [3.05, 3.63) is 65.9 Å². The highest BCUT2D eigenvalue weighted by Gasteiger charge is 2.16. The van der Waals surface area contributed by atoms with Crippen molar-refractivity contribution in [2.45, 2.75) is 13.3 Å². The SMILES string of the molecule is Cc1ccc(-c2cnc(NC[C@@H]3CCNC3)nc2-c2ccc(C#N)cc2)cc1. The van der Waals surface area contributed by atoms with Crippen molar-refractivity contribution in [1.29, 1.82) is 5.26 Å². The number of nitriles is 1. The number of hydrogen-bond acceptors (Lipinski definition) is 5. The van der Waals surface area contributed by atoms with Crippen molar-refractivity contribution in [2.24, 2.45) is 5.92 Å². The monoisotopic (exact) mass is 369 g/mol. The number of benzene rings is 2. The van der Waals surface area contributed by atoms with Crippen molar-refractivity contribution in [3.8, 4) is 28.5 Å². The second-order valence-corrected chi connectivity index (χ2v) is 7.25. The number of nitrogens with one attached hydrogen (secondary N) is 2. The van der Waals surface area contributed by atoms with E-state index in [9.17, 15) is 0 Å². The van der Waals surface area contributed by atoms with E-state index < -0.39 is 0 Å². The molecular weight excluding hydrogens is 346 g/mol. The van der Waals surface area contributed by atoms with Crippen LogP contribution >= 0.6 is 0 Å². The highest BCUT2D eigenvalue weighted by Crippen LogP contribution is 2.31. The van der Waals surface area contributed by atoms with Gasteiger partial charge in [0, 0.05) is 23.9 Å². The van der Waals surface area contributed by atoms with Gasteiger partial charge in [-0.05, 0) is 50.0 Å². The number of aromatic nitrogens is 2. The van der Waals surface area contributed by atoms with Gasteiger partial charge < -0.3 is 10.6 Å². The standard InChI is InChI=1S/C23H23N5/c1-16-2-6-19(7-3-16)21-15-27-23(26-14-18-10-11-25-13-18)28-22(21)20-8-4-17(12-24)5-9-20/h2-9,15,18,25H,10-11,13-14H2,1H3,(H,26,27,28)/t18-/m1/s1. The minimum Gasteiger partial charge on any atom is -0.354 e. The van der Waals surface area contributed by atoms with Gasteiger partial charge in [-0.1, -0.05) is 42.0 Å². The summed E-state index contributed by atoms with van der Waals surface area (Å²) in [5, 5.41) is 15.9. The lowest BCUT2D eigenvalue weighted by atomic mass is 9.99. The summed E-state index contributed by atoms with van der Waals surface area (Å²) in [7, 11) is 0. The Morgan fingerprint density at radius 2 is 1.86 bits per heavy atom. The van der Waals surface area contributed by atoms with E-state index in [-0.39, 0.29) is 0 Å². The lowest BCUT2D eigenvalue weighted by Gasteiger charge is -2.14. The predicted molar refractivity (Wildman–Crippen MR) is 112 cm³/mol. The maximum atomic E-state index is 9.08. The molecule has 0 aliphatic carbocycles. The largest absolute Gasteiger partial charge is 0.354 e. The molecule has 0 bridgehead atoms. The van der Waals surface area contributed by atoms with E-state index in [1.54, 1.807) is 0 Å². The summed E-state index contributed by atoms with van der Waals surface area (Å²) in [4.78, 5) is 9.40. The van der Waals surface area contributed by atoms with Crippen LogP contribution in [0.1, 0.15) is 17.5 Å². The van der Waals surface area contributed by atoms with Gasteiger partial charge in [0.25, 0.3) is 0 Å². The second kappa shape index (κ2) is 8.20. The predicted octanol–water partition coefficient (Wildman–Crippen LogP) is 4.01. The Morgan fingerprint density at radius 1 is 1.11 bits per heavy atom. The number of aryl methyl sites for hydroxylation is 1. The highest BCUT2D eigenvalue weighted by molar-refractivity contribution is 5.81. The number of rotatable bonds is 5. The van der Waals surface area contributed by atoms with Crippen LogP contribution in [-0.2, 0) is 0 Å². The molecule has 4 rings (SSSR count). The molecule has 0 saturated carbocycles. The van der Waals surface area contributed by atoms with Crippen LogP contribution in [-0.4, -0.2) is 29.6 Å². The molecule has 0 spiro atoms. The van der Waals surface area contributed by atoms with E-state index in [1.807, 2.05) is 30.5 Å². The minimum atomic E-state index is 0.610. The van der Waals surface area contributed by atoms with Crippen LogP contribution in [0.5, 0.6) is 0 Å². The molecule has 0 amide bonds. The Morgan fingerprint density at radius 3 is 2.54 bits per heavy atom. The van der Waals surface area contributed by atoms with Crippen LogP contribution in [0.25, 0.3) is 22.4 Å². The summed E-state index contributed by atoms with van der Waals surface area (Å²) in [5.41, 5.74) is 5.77. The Kier molecular flexibility index (Phi) is 5.31. The first-order valence-electron chi connectivity index (χ1n) is 9.62. The molecular formula is C23H23N5. The normalized spacial score (nSPS) is 15.9. The molecule has 140 valence electrons. The van der Waals surface area contributed by atoms with Crippen molar-refractivity contribution in [3.63, 3.8) is 0 Å². The summed E-state index contributed by atoms with van der Waals surface area (Å²) < 4.78 is 0. The molecule has 5 heteroatoms. The molecule has 5 nitrogen and oxygen atoms in total. The molecule has 2 N–H and O–H groups in total. The Hall–Kier alpha value is -3.23. The fourth-order valence-corrected chi connectivity index (χ4v) is 3.46. The molecule has 1 saturated heterocycles. The molecule has 2 heterocycles. The maximum Gasteiger partial charge on any atom is 0.223 e. The van der Waals surface area contributed by atoms with Gasteiger partial charge in [-0.25, -0.2) is 9.97 Å². The van der Waals surface area contributed by atoms with Crippen LogP contribution in [0.2, 0.25) is 0 Å². The topological polar surface area (TPSA) is 73.6 Å². The number of nitrogens with zero attached hydrogens (tertiary/aromatic N) is 3. The molecule has 1 aromatic heterocycles. The van der Waals surface area contributed by atoms with Crippen molar-refractivity contribution < 1.29 is 0 Å². The molecule has 28 heavy (non-hydrogen) atoms. The summed E-state index contributed by atoms with van der Waals surface area (Å²) in [6.07, 6.45) is 3.07. The molecule has 1 fully saturated rings. The molecule has 1 atom stereocenters. The lowest BCUT2D eigenvalue weighted by molar-refractivity contribution is 0.613. The lowest BCUT2D eigenvalue weighted by Crippen LogP contribution is -2.18. The molecule has 2 aromatic carbocycles. The van der Waals surface area contributed by atoms with Crippen molar-refractivity contribution in [1.82, 2.24) is 15.3 Å². The third-order valence-electron chi connectivity index (χ3n) is 5.15. The Bertz CT molecular complexity index is 981. The van der Waals surface area contributed by atoms with Crippen molar-refractivity contribution in [2.75, 3.05) is 25.0 Å². The third-order valence-corrected chi connectivity index (χ3v) is 5.15. The van der Waals surface area contributed by atoms with Gasteiger partial charge in [0.05, 0.1) is 17.3 Å². The minimum absolute atomic E-state index is 0.610. The van der Waals surface area contributed by atoms with Crippen LogP contribution in [0, 0.1) is 24.2 Å². The average molecular weight is 369 g/mol. The third kappa shape index (κ3) is 4.03. The zero-order valence-electron chi connectivity index (χ0n) is 15.9. The van der Waals surface area contributed by atoms with E-state index in [2.05, 4.69) is 52.9 Å². The van der Waals surface area contributed by atoms with E-state index in [1.165, 1.54) is 12.0 Å². The molecule has 3 aromatic rings. The van der Waals surface area contributed by atoms with Gasteiger partial charge in [-0.2, -0.15) is 5.26 Å². The molecule has 1 aliphatic heterocycles. The first kappa shape index (κ1) is 18.1. The zero-order chi connectivity index (χ0) is 19.3. The van der Waals surface area contributed by atoms with Gasteiger partial charge in [0.1, 0.15) is 0 Å². The Labute approximate surface area is 165 Å². The highest BCUT2D eigenvalue weighted by atomic mass is 15.1. The molecule has 0 radical (unpaired) electrons. The summed E-state index contributed by atoms with van der Waals surface area (Å²) in [5.74, 6) is 1.25. The number of anilines is 1. The van der Waals surface area contributed by atoms with Crippen LogP contribution in [0.15, 0.2) is 54.7 Å². The van der Waals surface area contributed by atoms with Crippen LogP contribution < -0.4 is 10.6 Å². The van der Waals surface area contributed by atoms with Gasteiger partial charge in [0.15, 0.2) is 0 Å². The molecule has 1 aliphatic rings.